The molecule has 8 heteroatoms. The first-order chi connectivity index (χ1) is 17.0. The molecule has 3 rings (SSSR count). The maximum atomic E-state index is 12.8. The van der Waals surface area contributed by atoms with Gasteiger partial charge in [0.2, 0.25) is 0 Å². The van der Waals surface area contributed by atoms with Crippen LogP contribution < -0.4 is 24.3 Å². The first-order valence-corrected chi connectivity index (χ1v) is 11.0. The number of hydrogen-bond acceptors (Lipinski definition) is 7. The number of benzene rings is 3. The molecule has 0 aliphatic heterocycles. The predicted molar refractivity (Wildman–Crippen MR) is 130 cm³/mol. The minimum Gasteiger partial charge on any atom is -0.497 e. The molecule has 184 valence electrons. The fourth-order valence-electron chi connectivity index (χ4n) is 3.44. The number of amides is 1. The molecule has 35 heavy (non-hydrogen) atoms. The minimum absolute atomic E-state index is 0.254. The molecule has 0 heterocycles. The van der Waals surface area contributed by atoms with Crippen LogP contribution in [0.15, 0.2) is 66.7 Å². The number of nitrogens with one attached hydrogen (secondary N) is 1. The van der Waals surface area contributed by atoms with Gasteiger partial charge in [0.25, 0.3) is 5.91 Å². The Hall–Kier alpha value is -4.20. The van der Waals surface area contributed by atoms with Gasteiger partial charge in [-0.25, -0.2) is 4.79 Å². The Balaban J connectivity index is 1.72. The van der Waals surface area contributed by atoms with Crippen molar-refractivity contribution in [3.8, 4) is 23.0 Å². The standard InChI is InChI=1S/C27H29NO7/c1-5-34-24-16-20(10-15-23(24)33-4)27(30)35-17-25(29)28-26(18-6-11-21(31-2)12-7-18)19-8-13-22(32-3)14-9-19/h6-16,26H,5,17H2,1-4H3,(H,28,29). The van der Waals surface area contributed by atoms with Crippen LogP contribution in [-0.4, -0.2) is 46.4 Å². The van der Waals surface area contributed by atoms with E-state index >= 15 is 0 Å². The van der Waals surface area contributed by atoms with Crippen LogP contribution in [0.4, 0.5) is 0 Å². The van der Waals surface area contributed by atoms with Gasteiger partial charge in [0.15, 0.2) is 18.1 Å². The molecule has 0 aliphatic carbocycles. The van der Waals surface area contributed by atoms with Crippen molar-refractivity contribution in [1.29, 1.82) is 0 Å². The van der Waals surface area contributed by atoms with Gasteiger partial charge in [0.05, 0.1) is 39.5 Å². The summed E-state index contributed by atoms with van der Waals surface area (Å²) in [6.45, 7) is 1.80. The van der Waals surface area contributed by atoms with E-state index in [1.807, 2.05) is 55.5 Å². The summed E-state index contributed by atoms with van der Waals surface area (Å²) < 4.78 is 26.4. The summed E-state index contributed by atoms with van der Waals surface area (Å²) in [4.78, 5) is 25.3. The fourth-order valence-corrected chi connectivity index (χ4v) is 3.44. The third-order valence-corrected chi connectivity index (χ3v) is 5.24. The van der Waals surface area contributed by atoms with Crippen LogP contribution in [0.2, 0.25) is 0 Å². The summed E-state index contributed by atoms with van der Waals surface area (Å²) in [7, 11) is 4.70. The Morgan fingerprint density at radius 2 is 1.34 bits per heavy atom. The lowest BCUT2D eigenvalue weighted by Gasteiger charge is -2.20. The maximum Gasteiger partial charge on any atom is 0.338 e. The Morgan fingerprint density at radius 3 is 1.83 bits per heavy atom. The Morgan fingerprint density at radius 1 is 0.771 bits per heavy atom. The summed E-state index contributed by atoms with van der Waals surface area (Å²) in [6, 6.07) is 19.0. The molecule has 1 N–H and O–H groups in total. The number of esters is 1. The average molecular weight is 480 g/mol. The van der Waals surface area contributed by atoms with Gasteiger partial charge < -0.3 is 29.0 Å². The highest BCUT2D eigenvalue weighted by Crippen LogP contribution is 2.29. The van der Waals surface area contributed by atoms with Crippen molar-refractivity contribution >= 4 is 11.9 Å². The molecular weight excluding hydrogens is 450 g/mol. The molecule has 0 atom stereocenters. The molecule has 3 aromatic carbocycles. The zero-order chi connectivity index (χ0) is 25.2. The van der Waals surface area contributed by atoms with Crippen molar-refractivity contribution in [3.63, 3.8) is 0 Å². The van der Waals surface area contributed by atoms with Crippen molar-refractivity contribution in [2.24, 2.45) is 0 Å². The number of hydrogen-bond donors (Lipinski definition) is 1. The SMILES string of the molecule is CCOc1cc(C(=O)OCC(=O)NC(c2ccc(OC)cc2)c2ccc(OC)cc2)ccc1OC. The Bertz CT molecular complexity index is 1080. The lowest BCUT2D eigenvalue weighted by Crippen LogP contribution is -2.33. The molecular formula is C27H29NO7. The fraction of sp³-hybridized carbons (Fsp3) is 0.259. The van der Waals surface area contributed by atoms with E-state index in [-0.39, 0.29) is 5.56 Å². The monoisotopic (exact) mass is 479 g/mol. The summed E-state index contributed by atoms with van der Waals surface area (Å²) >= 11 is 0. The van der Waals surface area contributed by atoms with Crippen molar-refractivity contribution in [1.82, 2.24) is 5.32 Å². The van der Waals surface area contributed by atoms with E-state index in [1.165, 1.54) is 13.2 Å². The van der Waals surface area contributed by atoms with Gasteiger partial charge in [-0.05, 0) is 60.5 Å². The van der Waals surface area contributed by atoms with Gasteiger partial charge in [-0.15, -0.1) is 0 Å². The van der Waals surface area contributed by atoms with Crippen LogP contribution in [0.1, 0.15) is 34.5 Å². The third kappa shape index (κ3) is 6.66. The number of carbonyl (C=O) groups is 2. The first kappa shape index (κ1) is 25.4. The second-order valence-corrected chi connectivity index (χ2v) is 7.42. The van der Waals surface area contributed by atoms with Crippen LogP contribution in [0.25, 0.3) is 0 Å². The topological polar surface area (TPSA) is 92.3 Å². The molecule has 1 amide bonds. The predicted octanol–water partition coefficient (Wildman–Crippen LogP) is 4.17. The summed E-state index contributed by atoms with van der Waals surface area (Å²) in [6.07, 6.45) is 0. The van der Waals surface area contributed by atoms with Gasteiger partial charge >= 0.3 is 5.97 Å². The minimum atomic E-state index is -0.644. The second-order valence-electron chi connectivity index (χ2n) is 7.42. The number of carbonyl (C=O) groups excluding carboxylic acids is 2. The molecule has 0 saturated carbocycles. The molecule has 8 nitrogen and oxygen atoms in total. The zero-order valence-corrected chi connectivity index (χ0v) is 20.2. The number of ether oxygens (including phenoxy) is 5. The van der Waals surface area contributed by atoms with E-state index < -0.39 is 24.5 Å². The summed E-state index contributed by atoms with van der Waals surface area (Å²) in [5.74, 6) is 1.24. The molecule has 0 spiro atoms. The Kier molecular flexibility index (Phi) is 8.95. The lowest BCUT2D eigenvalue weighted by atomic mass is 9.98. The third-order valence-electron chi connectivity index (χ3n) is 5.24. The smallest absolute Gasteiger partial charge is 0.338 e. The molecule has 0 fully saturated rings. The van der Waals surface area contributed by atoms with E-state index in [0.717, 1.165) is 11.1 Å². The van der Waals surface area contributed by atoms with Gasteiger partial charge in [0, 0.05) is 0 Å². The van der Waals surface area contributed by atoms with Crippen LogP contribution in [0.3, 0.4) is 0 Å². The summed E-state index contributed by atoms with van der Waals surface area (Å²) in [5, 5.41) is 2.94. The maximum absolute atomic E-state index is 12.8. The molecule has 0 aromatic heterocycles. The molecule has 0 bridgehead atoms. The number of methoxy groups -OCH3 is 3. The van der Waals surface area contributed by atoms with E-state index in [2.05, 4.69) is 5.32 Å². The van der Waals surface area contributed by atoms with Crippen LogP contribution in [-0.2, 0) is 9.53 Å². The quantitative estimate of drug-likeness (QED) is 0.413. The van der Waals surface area contributed by atoms with Crippen LogP contribution in [0.5, 0.6) is 23.0 Å². The number of rotatable bonds is 11. The van der Waals surface area contributed by atoms with Crippen LogP contribution >= 0.6 is 0 Å². The highest BCUT2D eigenvalue weighted by molar-refractivity contribution is 5.92. The van der Waals surface area contributed by atoms with Gasteiger partial charge in [-0.2, -0.15) is 0 Å². The highest BCUT2D eigenvalue weighted by atomic mass is 16.5. The van der Waals surface area contributed by atoms with Crippen molar-refractivity contribution in [3.05, 3.63) is 83.4 Å². The van der Waals surface area contributed by atoms with Gasteiger partial charge in [0.1, 0.15) is 11.5 Å². The average Bonchev–Trinajstić information content (AvgIpc) is 2.90. The van der Waals surface area contributed by atoms with E-state index in [9.17, 15) is 9.59 Å². The largest absolute Gasteiger partial charge is 0.497 e. The molecule has 3 aromatic rings. The summed E-state index contributed by atoms with van der Waals surface area (Å²) in [5.41, 5.74) is 1.93. The zero-order valence-electron chi connectivity index (χ0n) is 20.2. The van der Waals surface area contributed by atoms with Crippen LogP contribution in [0, 0.1) is 0 Å². The van der Waals surface area contributed by atoms with E-state index in [4.69, 9.17) is 23.7 Å². The van der Waals surface area contributed by atoms with Crippen molar-refractivity contribution < 1.29 is 33.3 Å². The normalized spacial score (nSPS) is 10.4. The second kappa shape index (κ2) is 12.3. The highest BCUT2D eigenvalue weighted by Gasteiger charge is 2.19. The molecule has 0 aliphatic rings. The van der Waals surface area contributed by atoms with Crippen molar-refractivity contribution in [2.75, 3.05) is 34.5 Å². The van der Waals surface area contributed by atoms with Crippen molar-refractivity contribution in [2.45, 2.75) is 13.0 Å². The molecule has 0 saturated heterocycles. The lowest BCUT2D eigenvalue weighted by molar-refractivity contribution is -0.124. The van der Waals surface area contributed by atoms with E-state index in [0.29, 0.717) is 29.6 Å². The molecule has 0 radical (unpaired) electrons. The first-order valence-electron chi connectivity index (χ1n) is 11.0. The van der Waals surface area contributed by atoms with Gasteiger partial charge in [-0.3, -0.25) is 4.79 Å². The molecule has 0 unspecified atom stereocenters. The van der Waals surface area contributed by atoms with Gasteiger partial charge in [-0.1, -0.05) is 24.3 Å². The Labute approximate surface area is 204 Å². The van der Waals surface area contributed by atoms with E-state index in [1.54, 1.807) is 26.4 Å².